The first kappa shape index (κ1) is 15.0. The molecule has 3 unspecified atom stereocenters. The maximum atomic E-state index is 11.8. The number of amides is 1. The molecule has 3 atom stereocenters. The highest BCUT2D eigenvalue weighted by Crippen LogP contribution is 2.29. The van der Waals surface area contributed by atoms with Crippen LogP contribution in [0.25, 0.3) is 0 Å². The van der Waals surface area contributed by atoms with Gasteiger partial charge in [0.05, 0.1) is 5.41 Å². The number of aliphatic carboxylic acids is 1. The largest absolute Gasteiger partial charge is 0.481 e. The van der Waals surface area contributed by atoms with Gasteiger partial charge in [-0.2, -0.15) is 0 Å². The lowest BCUT2D eigenvalue weighted by Crippen LogP contribution is -2.42. The maximum absolute atomic E-state index is 11.8. The van der Waals surface area contributed by atoms with E-state index < -0.39 is 11.4 Å². The van der Waals surface area contributed by atoms with Crippen molar-refractivity contribution in [3.05, 3.63) is 0 Å². The Hall–Kier alpha value is -1.06. The predicted octanol–water partition coefficient (Wildman–Crippen LogP) is 2.43. The van der Waals surface area contributed by atoms with Gasteiger partial charge in [-0.05, 0) is 44.9 Å². The van der Waals surface area contributed by atoms with Crippen LogP contribution in [0.4, 0.5) is 0 Å². The summed E-state index contributed by atoms with van der Waals surface area (Å²) in [5.74, 6) is 0.266. The summed E-state index contributed by atoms with van der Waals surface area (Å²) in [6, 6.07) is 0.216. The van der Waals surface area contributed by atoms with Gasteiger partial charge >= 0.3 is 5.97 Å². The van der Waals surface area contributed by atoms with E-state index in [2.05, 4.69) is 19.2 Å². The molecule has 0 aromatic rings. The second-order valence-corrected chi connectivity index (χ2v) is 6.40. The minimum Gasteiger partial charge on any atom is -0.481 e. The molecular formula is C14H25NO3. The van der Waals surface area contributed by atoms with Crippen molar-refractivity contribution in [3.63, 3.8) is 0 Å². The van der Waals surface area contributed by atoms with Crippen LogP contribution >= 0.6 is 0 Å². The second kappa shape index (κ2) is 5.72. The third kappa shape index (κ3) is 4.00. The summed E-state index contributed by atoms with van der Waals surface area (Å²) in [6.07, 6.45) is 3.18. The molecule has 1 saturated carbocycles. The van der Waals surface area contributed by atoms with E-state index in [9.17, 15) is 9.59 Å². The SMILES string of the molecule is CC1CCC(NC(=O)CC(C)(C)C(=O)O)CC1C. The average molecular weight is 255 g/mol. The smallest absolute Gasteiger partial charge is 0.309 e. The first-order valence-electron chi connectivity index (χ1n) is 6.75. The highest BCUT2D eigenvalue weighted by Gasteiger charge is 2.32. The minimum atomic E-state index is -0.988. The first-order chi connectivity index (χ1) is 8.22. The molecule has 1 fully saturated rings. The fourth-order valence-corrected chi connectivity index (χ4v) is 2.43. The molecule has 1 amide bonds. The van der Waals surface area contributed by atoms with Crippen molar-refractivity contribution in [3.8, 4) is 0 Å². The average Bonchev–Trinajstić information content (AvgIpc) is 2.22. The van der Waals surface area contributed by atoms with Gasteiger partial charge in [-0.3, -0.25) is 9.59 Å². The van der Waals surface area contributed by atoms with Crippen LogP contribution in [0.2, 0.25) is 0 Å². The zero-order valence-electron chi connectivity index (χ0n) is 11.8. The van der Waals surface area contributed by atoms with E-state index in [1.54, 1.807) is 13.8 Å². The molecule has 0 aromatic heterocycles. The summed E-state index contributed by atoms with van der Waals surface area (Å²) >= 11 is 0. The fourth-order valence-electron chi connectivity index (χ4n) is 2.43. The summed E-state index contributed by atoms with van der Waals surface area (Å²) in [4.78, 5) is 22.8. The number of carbonyl (C=O) groups is 2. The highest BCUT2D eigenvalue weighted by molar-refractivity contribution is 5.84. The van der Waals surface area contributed by atoms with Crippen LogP contribution in [0.5, 0.6) is 0 Å². The van der Waals surface area contributed by atoms with Crippen molar-refractivity contribution >= 4 is 11.9 Å². The Kier molecular flexibility index (Phi) is 4.77. The van der Waals surface area contributed by atoms with Gasteiger partial charge in [-0.25, -0.2) is 0 Å². The Morgan fingerprint density at radius 2 is 1.83 bits per heavy atom. The van der Waals surface area contributed by atoms with Crippen molar-refractivity contribution in [2.45, 2.75) is 59.4 Å². The number of hydrogen-bond acceptors (Lipinski definition) is 2. The van der Waals surface area contributed by atoms with E-state index in [4.69, 9.17) is 5.11 Å². The summed E-state index contributed by atoms with van der Waals surface area (Å²) < 4.78 is 0. The highest BCUT2D eigenvalue weighted by atomic mass is 16.4. The molecule has 0 radical (unpaired) electrons. The molecule has 4 heteroatoms. The number of nitrogens with one attached hydrogen (secondary N) is 1. The lowest BCUT2D eigenvalue weighted by Gasteiger charge is -2.33. The van der Waals surface area contributed by atoms with E-state index >= 15 is 0 Å². The predicted molar refractivity (Wildman–Crippen MR) is 70.1 cm³/mol. The van der Waals surface area contributed by atoms with Crippen molar-refractivity contribution in [1.29, 1.82) is 0 Å². The zero-order chi connectivity index (χ0) is 13.9. The summed E-state index contributed by atoms with van der Waals surface area (Å²) in [7, 11) is 0. The van der Waals surface area contributed by atoms with Gasteiger partial charge in [0.2, 0.25) is 5.91 Å². The number of carboxylic acid groups (broad SMARTS) is 1. The number of carbonyl (C=O) groups excluding carboxylic acids is 1. The lowest BCUT2D eigenvalue weighted by atomic mass is 9.79. The Balaban J connectivity index is 2.44. The topological polar surface area (TPSA) is 66.4 Å². The molecule has 4 nitrogen and oxygen atoms in total. The first-order valence-corrected chi connectivity index (χ1v) is 6.75. The van der Waals surface area contributed by atoms with Gasteiger partial charge < -0.3 is 10.4 Å². The Morgan fingerprint density at radius 1 is 1.22 bits per heavy atom. The van der Waals surface area contributed by atoms with Gasteiger partial charge in [0.25, 0.3) is 0 Å². The second-order valence-electron chi connectivity index (χ2n) is 6.40. The standard InChI is InChI=1S/C14H25NO3/c1-9-5-6-11(7-10(9)2)15-12(16)8-14(3,4)13(17)18/h9-11H,5-8H2,1-4H3,(H,15,16)(H,17,18). The van der Waals surface area contributed by atoms with E-state index in [0.29, 0.717) is 11.8 Å². The van der Waals surface area contributed by atoms with Gasteiger partial charge in [0, 0.05) is 12.5 Å². The van der Waals surface area contributed by atoms with Crippen LogP contribution in [-0.2, 0) is 9.59 Å². The molecule has 104 valence electrons. The van der Waals surface area contributed by atoms with Gasteiger partial charge in [-0.15, -0.1) is 0 Å². The summed E-state index contributed by atoms with van der Waals surface area (Å²) in [5, 5.41) is 12.0. The molecule has 1 rings (SSSR count). The number of rotatable bonds is 4. The summed E-state index contributed by atoms with van der Waals surface area (Å²) in [6.45, 7) is 7.63. The molecule has 0 spiro atoms. The van der Waals surface area contributed by atoms with Crippen LogP contribution in [0.15, 0.2) is 0 Å². The zero-order valence-corrected chi connectivity index (χ0v) is 11.8. The molecular weight excluding hydrogens is 230 g/mol. The monoisotopic (exact) mass is 255 g/mol. The van der Waals surface area contributed by atoms with Gasteiger partial charge in [-0.1, -0.05) is 13.8 Å². The van der Waals surface area contributed by atoms with Crippen LogP contribution < -0.4 is 5.32 Å². The van der Waals surface area contributed by atoms with Crippen molar-refractivity contribution < 1.29 is 14.7 Å². The molecule has 18 heavy (non-hydrogen) atoms. The van der Waals surface area contributed by atoms with Crippen LogP contribution in [-0.4, -0.2) is 23.0 Å². The van der Waals surface area contributed by atoms with Crippen molar-refractivity contribution in [2.24, 2.45) is 17.3 Å². The van der Waals surface area contributed by atoms with Crippen molar-refractivity contribution in [2.75, 3.05) is 0 Å². The van der Waals surface area contributed by atoms with E-state index in [1.165, 1.54) is 0 Å². The quantitative estimate of drug-likeness (QED) is 0.810. The summed E-state index contributed by atoms with van der Waals surface area (Å²) in [5.41, 5.74) is -0.988. The van der Waals surface area contributed by atoms with Gasteiger partial charge in [0.1, 0.15) is 0 Å². The van der Waals surface area contributed by atoms with Crippen LogP contribution in [0.1, 0.15) is 53.4 Å². The lowest BCUT2D eigenvalue weighted by molar-refractivity contribution is -0.149. The number of carboxylic acids is 1. The minimum absolute atomic E-state index is 0.0444. The maximum Gasteiger partial charge on any atom is 0.309 e. The van der Waals surface area contributed by atoms with E-state index in [1.807, 2.05) is 0 Å². The molecule has 1 aliphatic carbocycles. The number of hydrogen-bond donors (Lipinski definition) is 2. The third-order valence-corrected chi connectivity index (χ3v) is 4.14. The molecule has 0 bridgehead atoms. The molecule has 0 heterocycles. The molecule has 0 saturated heterocycles. The molecule has 0 aromatic carbocycles. The van der Waals surface area contributed by atoms with Gasteiger partial charge in [0.15, 0.2) is 0 Å². The third-order valence-electron chi connectivity index (χ3n) is 4.14. The Labute approximate surface area is 109 Å². The normalized spacial score (nSPS) is 28.8. The molecule has 1 aliphatic rings. The molecule has 0 aliphatic heterocycles. The van der Waals surface area contributed by atoms with Crippen LogP contribution in [0.3, 0.4) is 0 Å². The van der Waals surface area contributed by atoms with E-state index in [0.717, 1.165) is 19.3 Å². The Bertz CT molecular complexity index is 325. The van der Waals surface area contributed by atoms with E-state index in [-0.39, 0.29) is 18.4 Å². The Morgan fingerprint density at radius 3 is 2.33 bits per heavy atom. The van der Waals surface area contributed by atoms with Crippen LogP contribution in [0, 0.1) is 17.3 Å². The fraction of sp³-hybridized carbons (Fsp3) is 0.857. The van der Waals surface area contributed by atoms with Crippen molar-refractivity contribution in [1.82, 2.24) is 5.32 Å². The molecule has 2 N–H and O–H groups in total.